The summed E-state index contributed by atoms with van der Waals surface area (Å²) in [7, 11) is 0. The molecule has 1 amide bonds. The molecule has 3 aromatic rings. The first-order chi connectivity index (χ1) is 12.2. The summed E-state index contributed by atoms with van der Waals surface area (Å²) in [5.74, 6) is -0.637. The Morgan fingerprint density at radius 2 is 1.92 bits per heavy atom. The minimum Gasteiger partial charge on any atom is -0.507 e. The third-order valence-electron chi connectivity index (χ3n) is 3.70. The summed E-state index contributed by atoms with van der Waals surface area (Å²) in [6, 6.07) is 10.7. The Morgan fingerprint density at radius 3 is 2.65 bits per heavy atom. The van der Waals surface area contributed by atoms with Crippen LogP contribution in [0.3, 0.4) is 0 Å². The molecule has 0 bridgehead atoms. The predicted octanol–water partition coefficient (Wildman–Crippen LogP) is 4.36. The van der Waals surface area contributed by atoms with Crippen LogP contribution in [0.2, 0.25) is 0 Å². The molecule has 8 heteroatoms. The summed E-state index contributed by atoms with van der Waals surface area (Å²) in [6.45, 7) is 1.84. The van der Waals surface area contributed by atoms with Gasteiger partial charge in [-0.1, -0.05) is 17.7 Å². The van der Waals surface area contributed by atoms with E-state index in [2.05, 4.69) is 15.5 Å². The number of anilines is 1. The summed E-state index contributed by atoms with van der Waals surface area (Å²) < 4.78 is 38.2. The smallest absolute Gasteiger partial charge is 0.416 e. The van der Waals surface area contributed by atoms with E-state index in [1.807, 2.05) is 6.92 Å². The number of phenolic OH excluding ortho intramolecular Hbond substituents is 1. The molecule has 0 unspecified atom stereocenters. The number of carbonyl (C=O) groups is 1. The molecule has 2 aromatic carbocycles. The summed E-state index contributed by atoms with van der Waals surface area (Å²) >= 11 is 0. The minimum absolute atomic E-state index is 0.00642. The quantitative estimate of drug-likeness (QED) is 0.649. The van der Waals surface area contributed by atoms with Gasteiger partial charge in [0.2, 0.25) is 0 Å². The number of halogens is 3. The van der Waals surface area contributed by atoms with Crippen molar-refractivity contribution in [2.45, 2.75) is 13.1 Å². The molecule has 0 aliphatic carbocycles. The summed E-state index contributed by atoms with van der Waals surface area (Å²) in [4.78, 5) is 12.2. The van der Waals surface area contributed by atoms with Gasteiger partial charge in [0.05, 0.1) is 11.3 Å². The van der Waals surface area contributed by atoms with Gasteiger partial charge in [0, 0.05) is 11.3 Å². The Morgan fingerprint density at radius 1 is 1.15 bits per heavy atom. The highest BCUT2D eigenvalue weighted by Gasteiger charge is 2.30. The van der Waals surface area contributed by atoms with Crippen molar-refractivity contribution in [2.75, 3.05) is 5.32 Å². The van der Waals surface area contributed by atoms with Gasteiger partial charge in [-0.2, -0.15) is 18.3 Å². The number of aromatic hydroxyl groups is 1. The maximum Gasteiger partial charge on any atom is 0.416 e. The molecular formula is C18H14F3N3O2. The number of carbonyl (C=O) groups excluding carboxylic acids is 1. The molecule has 0 radical (unpaired) electrons. The fourth-order valence-corrected chi connectivity index (χ4v) is 2.40. The van der Waals surface area contributed by atoms with Crippen LogP contribution in [-0.4, -0.2) is 21.2 Å². The van der Waals surface area contributed by atoms with Crippen LogP contribution in [0.15, 0.2) is 48.5 Å². The maximum atomic E-state index is 12.7. The topological polar surface area (TPSA) is 78.0 Å². The summed E-state index contributed by atoms with van der Waals surface area (Å²) in [5, 5.41) is 18.8. The molecule has 1 aromatic heterocycles. The zero-order chi connectivity index (χ0) is 18.9. The summed E-state index contributed by atoms with van der Waals surface area (Å²) in [6.07, 6.45) is -4.50. The first-order valence-electron chi connectivity index (χ1n) is 7.58. The van der Waals surface area contributed by atoms with E-state index >= 15 is 0 Å². The maximum absolute atomic E-state index is 12.7. The van der Waals surface area contributed by atoms with Crippen LogP contribution < -0.4 is 5.32 Å². The molecule has 1 heterocycles. The first kappa shape index (κ1) is 17.5. The minimum atomic E-state index is -4.50. The zero-order valence-corrected chi connectivity index (χ0v) is 13.6. The average Bonchev–Trinajstić information content (AvgIpc) is 3.06. The molecule has 5 nitrogen and oxygen atoms in total. The van der Waals surface area contributed by atoms with Crippen LogP contribution in [0.5, 0.6) is 5.75 Å². The van der Waals surface area contributed by atoms with Gasteiger partial charge in [-0.3, -0.25) is 9.89 Å². The monoisotopic (exact) mass is 361 g/mol. The highest BCUT2D eigenvalue weighted by atomic mass is 19.4. The van der Waals surface area contributed by atoms with Crippen molar-refractivity contribution in [3.63, 3.8) is 0 Å². The Bertz CT molecular complexity index is 964. The lowest BCUT2D eigenvalue weighted by Gasteiger charge is -2.09. The SMILES string of the molecule is Cc1ccc(O)c(-c2cc(C(=O)Nc3cccc(C(F)(F)F)c3)[nH]n2)c1. The Kier molecular flexibility index (Phi) is 4.41. The van der Waals surface area contributed by atoms with Crippen LogP contribution >= 0.6 is 0 Å². The molecule has 0 aliphatic heterocycles. The van der Waals surface area contributed by atoms with E-state index < -0.39 is 17.6 Å². The summed E-state index contributed by atoms with van der Waals surface area (Å²) in [5.41, 5.74) is 0.901. The third kappa shape index (κ3) is 3.69. The van der Waals surface area contributed by atoms with E-state index in [1.165, 1.54) is 24.3 Å². The standard InChI is InChI=1S/C18H14F3N3O2/c1-10-5-6-16(25)13(7-10)14-9-15(24-23-14)17(26)22-12-4-2-3-11(8-12)18(19,20)21/h2-9,25H,1H3,(H,22,26)(H,23,24). The van der Waals surface area contributed by atoms with E-state index in [4.69, 9.17) is 0 Å². The number of amides is 1. The second-order valence-electron chi connectivity index (χ2n) is 5.72. The van der Waals surface area contributed by atoms with Crippen molar-refractivity contribution in [1.82, 2.24) is 10.2 Å². The van der Waals surface area contributed by atoms with Gasteiger partial charge in [0.25, 0.3) is 5.91 Å². The number of benzene rings is 2. The molecule has 0 aliphatic rings. The van der Waals surface area contributed by atoms with Crippen LogP contribution in [-0.2, 0) is 6.18 Å². The van der Waals surface area contributed by atoms with Crippen LogP contribution in [0, 0.1) is 6.92 Å². The lowest BCUT2D eigenvalue weighted by Crippen LogP contribution is -2.13. The molecule has 0 saturated carbocycles. The van der Waals surface area contributed by atoms with Crippen molar-refractivity contribution >= 4 is 11.6 Å². The van der Waals surface area contributed by atoms with Gasteiger partial charge >= 0.3 is 6.18 Å². The number of phenols is 1. The van der Waals surface area contributed by atoms with Gasteiger partial charge in [-0.15, -0.1) is 0 Å². The highest BCUT2D eigenvalue weighted by Crippen LogP contribution is 2.31. The van der Waals surface area contributed by atoms with Crippen molar-refractivity contribution in [1.29, 1.82) is 0 Å². The number of alkyl halides is 3. The van der Waals surface area contributed by atoms with Gasteiger partial charge < -0.3 is 10.4 Å². The molecule has 0 saturated heterocycles. The van der Waals surface area contributed by atoms with E-state index in [0.717, 1.165) is 17.7 Å². The van der Waals surface area contributed by atoms with Crippen molar-refractivity contribution in [2.24, 2.45) is 0 Å². The lowest BCUT2D eigenvalue weighted by atomic mass is 10.1. The Balaban J connectivity index is 1.82. The van der Waals surface area contributed by atoms with Gasteiger partial charge in [0.15, 0.2) is 0 Å². The number of rotatable bonds is 3. The molecule has 3 N–H and O–H groups in total. The van der Waals surface area contributed by atoms with E-state index in [1.54, 1.807) is 12.1 Å². The molecule has 26 heavy (non-hydrogen) atoms. The van der Waals surface area contributed by atoms with Gasteiger partial charge in [-0.25, -0.2) is 0 Å². The van der Waals surface area contributed by atoms with Crippen LogP contribution in [0.1, 0.15) is 21.6 Å². The van der Waals surface area contributed by atoms with E-state index in [9.17, 15) is 23.1 Å². The van der Waals surface area contributed by atoms with E-state index in [-0.39, 0.29) is 17.1 Å². The number of aryl methyl sites for hydroxylation is 1. The lowest BCUT2D eigenvalue weighted by molar-refractivity contribution is -0.137. The zero-order valence-electron chi connectivity index (χ0n) is 13.6. The number of aromatic nitrogens is 2. The van der Waals surface area contributed by atoms with Crippen molar-refractivity contribution in [3.05, 3.63) is 65.4 Å². The van der Waals surface area contributed by atoms with Crippen LogP contribution in [0.25, 0.3) is 11.3 Å². The van der Waals surface area contributed by atoms with Crippen molar-refractivity contribution in [3.8, 4) is 17.0 Å². The Labute approximate surface area is 146 Å². The van der Waals surface area contributed by atoms with Crippen LogP contribution in [0.4, 0.5) is 18.9 Å². The number of nitrogens with one attached hydrogen (secondary N) is 2. The number of hydrogen-bond donors (Lipinski definition) is 3. The second kappa shape index (κ2) is 6.55. The fourth-order valence-electron chi connectivity index (χ4n) is 2.40. The van der Waals surface area contributed by atoms with E-state index in [0.29, 0.717) is 11.3 Å². The number of nitrogens with zero attached hydrogens (tertiary/aromatic N) is 1. The van der Waals surface area contributed by atoms with Crippen molar-refractivity contribution < 1.29 is 23.1 Å². The highest BCUT2D eigenvalue weighted by molar-refractivity contribution is 6.03. The fraction of sp³-hybridized carbons (Fsp3) is 0.111. The normalized spacial score (nSPS) is 11.4. The third-order valence-corrected chi connectivity index (χ3v) is 3.70. The molecule has 0 atom stereocenters. The van der Waals surface area contributed by atoms with Gasteiger partial charge in [0.1, 0.15) is 11.4 Å². The first-order valence-corrected chi connectivity index (χ1v) is 7.58. The number of hydrogen-bond acceptors (Lipinski definition) is 3. The molecule has 0 fully saturated rings. The average molecular weight is 361 g/mol. The van der Waals surface area contributed by atoms with Gasteiger partial charge in [-0.05, 0) is 43.3 Å². The molecule has 3 rings (SSSR count). The molecule has 134 valence electrons. The Hall–Kier alpha value is -3.29. The molecular weight excluding hydrogens is 347 g/mol. The number of H-pyrrole nitrogens is 1. The largest absolute Gasteiger partial charge is 0.507 e. The molecule has 0 spiro atoms. The predicted molar refractivity (Wildman–Crippen MR) is 89.8 cm³/mol. The number of aromatic amines is 1. The second-order valence-corrected chi connectivity index (χ2v) is 5.72.